The topological polar surface area (TPSA) is 58.6 Å². The van der Waals surface area contributed by atoms with Crippen molar-refractivity contribution >= 4 is 17.5 Å². The summed E-state index contributed by atoms with van der Waals surface area (Å²) in [4.78, 5) is 26.5. The van der Waals surface area contributed by atoms with E-state index in [1.165, 1.54) is 12.7 Å². The maximum Gasteiger partial charge on any atom is 0.248 e. The Bertz CT molecular complexity index is 819. The number of amides is 2. The van der Waals surface area contributed by atoms with Crippen LogP contribution in [0.25, 0.3) is 11.1 Å². The first-order chi connectivity index (χ1) is 13.1. The molecule has 0 saturated carbocycles. The molecule has 2 aromatic carbocycles. The lowest BCUT2D eigenvalue weighted by atomic mass is 9.96. The van der Waals surface area contributed by atoms with Crippen molar-refractivity contribution in [1.82, 2.24) is 4.90 Å². The van der Waals surface area contributed by atoms with Gasteiger partial charge in [-0.05, 0) is 43.0 Å². The molecule has 2 amide bonds. The number of nitrogens with zero attached hydrogens (tertiary/aromatic N) is 1. The Morgan fingerprint density at radius 2 is 1.89 bits per heavy atom. The number of benzene rings is 2. The van der Waals surface area contributed by atoms with Gasteiger partial charge >= 0.3 is 0 Å². The fourth-order valence-electron chi connectivity index (χ4n) is 3.48. The summed E-state index contributed by atoms with van der Waals surface area (Å²) in [5, 5.41) is 3.02. The molecule has 0 unspecified atom stereocenters. The molecule has 1 saturated heterocycles. The van der Waals surface area contributed by atoms with Crippen LogP contribution in [0.2, 0.25) is 0 Å². The number of ether oxygens (including phenoxy) is 1. The van der Waals surface area contributed by atoms with Gasteiger partial charge in [0.2, 0.25) is 11.8 Å². The Morgan fingerprint density at radius 3 is 2.63 bits per heavy atom. The maximum absolute atomic E-state index is 12.7. The van der Waals surface area contributed by atoms with Crippen LogP contribution in [0.3, 0.4) is 0 Å². The van der Waals surface area contributed by atoms with Crippen LogP contribution in [0.5, 0.6) is 0 Å². The van der Waals surface area contributed by atoms with Gasteiger partial charge in [-0.2, -0.15) is 0 Å². The summed E-state index contributed by atoms with van der Waals surface area (Å²) in [6.07, 6.45) is 1.62. The fraction of sp³-hybridized carbons (Fsp3) is 0.364. The van der Waals surface area contributed by atoms with Crippen LogP contribution in [-0.4, -0.2) is 43.5 Å². The zero-order chi connectivity index (χ0) is 19.2. The van der Waals surface area contributed by atoms with Crippen molar-refractivity contribution in [3.63, 3.8) is 0 Å². The second-order valence-corrected chi connectivity index (χ2v) is 7.05. The standard InChI is InChI=1S/C22H26N2O3/c1-16-6-3-7-17(12-16)18-8-4-10-20(13-18)23-22(26)19-9-5-11-24(14-19)21(25)15-27-2/h3-4,6-8,10,12-13,19H,5,9,11,14-15H2,1-2H3,(H,23,26)/t19-/m1/s1. The molecule has 1 aliphatic rings. The van der Waals surface area contributed by atoms with Crippen molar-refractivity contribution in [3.8, 4) is 11.1 Å². The maximum atomic E-state index is 12.7. The molecular formula is C22H26N2O3. The number of piperidine rings is 1. The molecule has 3 rings (SSSR count). The van der Waals surface area contributed by atoms with Crippen LogP contribution in [0.4, 0.5) is 5.69 Å². The van der Waals surface area contributed by atoms with E-state index in [-0.39, 0.29) is 24.3 Å². The molecule has 0 radical (unpaired) electrons. The number of hydrogen-bond donors (Lipinski definition) is 1. The van der Waals surface area contributed by atoms with Gasteiger partial charge in [0.15, 0.2) is 0 Å². The minimum atomic E-state index is -0.192. The number of methoxy groups -OCH3 is 1. The van der Waals surface area contributed by atoms with Crippen molar-refractivity contribution in [3.05, 3.63) is 54.1 Å². The molecule has 27 heavy (non-hydrogen) atoms. The molecule has 5 heteroatoms. The fourth-order valence-corrected chi connectivity index (χ4v) is 3.48. The predicted octanol–water partition coefficient (Wildman–Crippen LogP) is 3.49. The molecule has 0 aliphatic carbocycles. The Labute approximate surface area is 160 Å². The zero-order valence-electron chi connectivity index (χ0n) is 15.9. The SMILES string of the molecule is COCC(=O)N1CCC[C@@H](C(=O)Nc2cccc(-c3cccc(C)c3)c2)C1. The monoisotopic (exact) mass is 366 g/mol. The summed E-state index contributed by atoms with van der Waals surface area (Å²) in [6.45, 7) is 3.27. The van der Waals surface area contributed by atoms with Crippen LogP contribution >= 0.6 is 0 Å². The molecule has 1 aliphatic heterocycles. The highest BCUT2D eigenvalue weighted by atomic mass is 16.5. The first-order valence-electron chi connectivity index (χ1n) is 9.31. The predicted molar refractivity (Wildman–Crippen MR) is 106 cm³/mol. The number of likely N-dealkylation sites (tertiary alicyclic amines) is 1. The lowest BCUT2D eigenvalue weighted by Crippen LogP contribution is -2.45. The van der Waals surface area contributed by atoms with E-state index in [0.717, 1.165) is 29.7 Å². The van der Waals surface area contributed by atoms with Gasteiger partial charge in [-0.15, -0.1) is 0 Å². The van der Waals surface area contributed by atoms with Crippen molar-refractivity contribution < 1.29 is 14.3 Å². The van der Waals surface area contributed by atoms with Gasteiger partial charge in [0.1, 0.15) is 6.61 Å². The number of anilines is 1. The third-order valence-corrected chi connectivity index (χ3v) is 4.89. The lowest BCUT2D eigenvalue weighted by Gasteiger charge is -2.32. The van der Waals surface area contributed by atoms with E-state index in [0.29, 0.717) is 13.1 Å². The molecule has 5 nitrogen and oxygen atoms in total. The third kappa shape index (κ3) is 4.95. The second-order valence-electron chi connectivity index (χ2n) is 7.05. The Kier molecular flexibility index (Phi) is 6.24. The van der Waals surface area contributed by atoms with Crippen LogP contribution < -0.4 is 5.32 Å². The molecule has 2 aromatic rings. The summed E-state index contributed by atoms with van der Waals surface area (Å²) >= 11 is 0. The van der Waals surface area contributed by atoms with Gasteiger partial charge in [-0.3, -0.25) is 9.59 Å². The summed E-state index contributed by atoms with van der Waals surface area (Å²) in [5.74, 6) is -0.287. The van der Waals surface area contributed by atoms with Crippen molar-refractivity contribution in [2.24, 2.45) is 5.92 Å². The van der Waals surface area contributed by atoms with Crippen LogP contribution in [-0.2, 0) is 14.3 Å². The van der Waals surface area contributed by atoms with Crippen LogP contribution in [0, 0.1) is 12.8 Å². The lowest BCUT2D eigenvalue weighted by molar-refractivity contribution is -0.138. The van der Waals surface area contributed by atoms with Gasteiger partial charge < -0.3 is 15.0 Å². The molecule has 0 bridgehead atoms. The van der Waals surface area contributed by atoms with Gasteiger partial charge in [0.05, 0.1) is 5.92 Å². The minimum Gasteiger partial charge on any atom is -0.375 e. The molecule has 1 atom stereocenters. The first-order valence-corrected chi connectivity index (χ1v) is 9.31. The Hall–Kier alpha value is -2.66. The van der Waals surface area contributed by atoms with Crippen molar-refractivity contribution in [2.45, 2.75) is 19.8 Å². The van der Waals surface area contributed by atoms with Crippen molar-refractivity contribution in [2.75, 3.05) is 32.1 Å². The summed E-state index contributed by atoms with van der Waals surface area (Å²) in [5.41, 5.74) is 4.17. The zero-order valence-corrected chi connectivity index (χ0v) is 15.9. The quantitative estimate of drug-likeness (QED) is 0.881. The molecular weight excluding hydrogens is 340 g/mol. The number of carbonyl (C=O) groups excluding carboxylic acids is 2. The van der Waals surface area contributed by atoms with Gasteiger partial charge in [-0.25, -0.2) is 0 Å². The van der Waals surface area contributed by atoms with E-state index in [2.05, 4.69) is 30.4 Å². The van der Waals surface area contributed by atoms with E-state index in [9.17, 15) is 9.59 Å². The number of nitrogens with one attached hydrogen (secondary N) is 1. The summed E-state index contributed by atoms with van der Waals surface area (Å²) in [7, 11) is 1.51. The number of aryl methyl sites for hydroxylation is 1. The Morgan fingerprint density at radius 1 is 1.15 bits per heavy atom. The van der Waals surface area contributed by atoms with Crippen LogP contribution in [0.1, 0.15) is 18.4 Å². The number of carbonyl (C=O) groups is 2. The van der Waals surface area contributed by atoms with E-state index in [1.807, 2.05) is 30.3 Å². The van der Waals surface area contributed by atoms with Crippen molar-refractivity contribution in [1.29, 1.82) is 0 Å². The largest absolute Gasteiger partial charge is 0.375 e. The highest BCUT2D eigenvalue weighted by molar-refractivity contribution is 5.94. The summed E-state index contributed by atoms with van der Waals surface area (Å²) in [6, 6.07) is 16.2. The van der Waals surface area contributed by atoms with Gasteiger partial charge in [0, 0.05) is 25.9 Å². The van der Waals surface area contributed by atoms with E-state index in [4.69, 9.17) is 4.74 Å². The molecule has 0 aromatic heterocycles. The van der Waals surface area contributed by atoms with Gasteiger partial charge in [0.25, 0.3) is 0 Å². The highest BCUT2D eigenvalue weighted by Gasteiger charge is 2.28. The smallest absolute Gasteiger partial charge is 0.248 e. The van der Waals surface area contributed by atoms with E-state index < -0.39 is 0 Å². The van der Waals surface area contributed by atoms with E-state index in [1.54, 1.807) is 4.90 Å². The van der Waals surface area contributed by atoms with Crippen LogP contribution in [0.15, 0.2) is 48.5 Å². The minimum absolute atomic E-state index is 0.0358. The molecule has 1 N–H and O–H groups in total. The average molecular weight is 366 g/mol. The van der Waals surface area contributed by atoms with Gasteiger partial charge in [-0.1, -0.05) is 42.0 Å². The summed E-state index contributed by atoms with van der Waals surface area (Å²) < 4.78 is 4.92. The molecule has 1 heterocycles. The highest BCUT2D eigenvalue weighted by Crippen LogP contribution is 2.25. The average Bonchev–Trinajstić information content (AvgIpc) is 2.68. The second kappa shape index (κ2) is 8.82. The Balaban J connectivity index is 1.67. The molecule has 1 fully saturated rings. The normalized spacial score (nSPS) is 16.8. The number of rotatable bonds is 5. The molecule has 0 spiro atoms. The van der Waals surface area contributed by atoms with E-state index >= 15 is 0 Å². The molecule has 142 valence electrons. The first kappa shape index (κ1) is 19.1. The third-order valence-electron chi connectivity index (χ3n) is 4.89. The number of hydrogen-bond acceptors (Lipinski definition) is 3.